The van der Waals surface area contributed by atoms with E-state index in [2.05, 4.69) is 84.4 Å². The van der Waals surface area contributed by atoms with Crippen molar-refractivity contribution >= 4 is 5.91 Å². The van der Waals surface area contributed by atoms with Crippen molar-refractivity contribution in [1.82, 2.24) is 25.5 Å². The number of piperazine rings is 1. The summed E-state index contributed by atoms with van der Waals surface area (Å²) in [6.07, 6.45) is 17.2. The molecule has 1 saturated heterocycles. The van der Waals surface area contributed by atoms with Crippen LogP contribution < -0.4 is 10.6 Å². The Hall–Kier alpha value is -2.95. The molecule has 0 aromatic carbocycles. The van der Waals surface area contributed by atoms with Gasteiger partial charge in [-0.2, -0.15) is 5.26 Å². The lowest BCUT2D eigenvalue weighted by Gasteiger charge is -2.40. The molecule has 0 bridgehead atoms. The predicted octanol–water partition coefficient (Wildman–Crippen LogP) is 4.21. The summed E-state index contributed by atoms with van der Waals surface area (Å²) in [7, 11) is 0. The number of hydrogen-bond donors (Lipinski definition) is 3. The maximum absolute atomic E-state index is 12.2. The van der Waals surface area contributed by atoms with E-state index in [1.165, 1.54) is 23.8 Å². The monoisotopic (exact) mass is 462 g/mol. The van der Waals surface area contributed by atoms with Crippen molar-refractivity contribution in [3.63, 3.8) is 0 Å². The third-order valence-corrected chi connectivity index (χ3v) is 6.62. The van der Waals surface area contributed by atoms with E-state index in [4.69, 9.17) is 5.26 Å². The summed E-state index contributed by atoms with van der Waals surface area (Å²) in [4.78, 5) is 21.4. The number of nitrogens with one attached hydrogen (secondary N) is 3. The largest absolute Gasteiger partial charge is 0.339 e. The van der Waals surface area contributed by atoms with Crippen LogP contribution in [0.25, 0.3) is 0 Å². The van der Waals surface area contributed by atoms with Crippen molar-refractivity contribution in [3.05, 3.63) is 65.4 Å². The van der Waals surface area contributed by atoms with Gasteiger partial charge in [0.15, 0.2) is 11.5 Å². The molecule has 182 valence electrons. The number of aromatic amines is 1. The molecule has 3 atom stereocenters. The smallest absolute Gasteiger partial charge is 0.291 e. The van der Waals surface area contributed by atoms with Gasteiger partial charge in [-0.1, -0.05) is 43.7 Å². The molecular weight excluding hydrogens is 424 g/mol. The van der Waals surface area contributed by atoms with Crippen LogP contribution >= 0.6 is 0 Å². The molecule has 0 spiro atoms. The Kier molecular flexibility index (Phi) is 8.65. The number of imidazole rings is 1. The van der Waals surface area contributed by atoms with Crippen molar-refractivity contribution in [3.8, 4) is 6.07 Å². The average Bonchev–Trinajstić information content (AvgIpc) is 3.28. The first kappa shape index (κ1) is 25.7. The third-order valence-electron chi connectivity index (χ3n) is 6.62. The summed E-state index contributed by atoms with van der Waals surface area (Å²) in [5.41, 5.74) is 3.17. The summed E-state index contributed by atoms with van der Waals surface area (Å²) < 4.78 is 0. The minimum atomic E-state index is -0.379. The van der Waals surface area contributed by atoms with Gasteiger partial charge in [0.1, 0.15) is 6.07 Å². The lowest BCUT2D eigenvalue weighted by atomic mass is 9.78. The first-order chi connectivity index (χ1) is 16.2. The fourth-order valence-electron chi connectivity index (χ4n) is 4.53. The van der Waals surface area contributed by atoms with E-state index in [9.17, 15) is 4.79 Å². The van der Waals surface area contributed by atoms with Gasteiger partial charge in [0.25, 0.3) is 5.91 Å². The second kappa shape index (κ2) is 11.5. The molecule has 1 fully saturated rings. The second-order valence-corrected chi connectivity index (χ2v) is 10.3. The van der Waals surface area contributed by atoms with Crippen LogP contribution in [-0.2, 0) is 0 Å². The number of aromatic nitrogens is 2. The zero-order valence-corrected chi connectivity index (χ0v) is 21.1. The first-order valence-corrected chi connectivity index (χ1v) is 12.2. The van der Waals surface area contributed by atoms with E-state index >= 15 is 0 Å². The van der Waals surface area contributed by atoms with Crippen molar-refractivity contribution < 1.29 is 4.79 Å². The summed E-state index contributed by atoms with van der Waals surface area (Å²) in [6, 6.07) is 3.04. The lowest BCUT2D eigenvalue weighted by Crippen LogP contribution is -2.56. The molecule has 7 heteroatoms. The number of carbonyl (C=O) groups excluding carboxylic acids is 1. The number of nitriles is 1. The molecule has 2 heterocycles. The Morgan fingerprint density at radius 2 is 2.09 bits per heavy atom. The van der Waals surface area contributed by atoms with Gasteiger partial charge < -0.3 is 15.6 Å². The molecule has 3 N–H and O–H groups in total. The quantitative estimate of drug-likeness (QED) is 0.527. The molecule has 3 rings (SSSR count). The van der Waals surface area contributed by atoms with Crippen LogP contribution in [0.2, 0.25) is 0 Å². The Bertz CT molecular complexity index is 1010. The fourth-order valence-corrected chi connectivity index (χ4v) is 4.53. The van der Waals surface area contributed by atoms with E-state index in [0.29, 0.717) is 17.5 Å². The maximum atomic E-state index is 12.2. The van der Waals surface area contributed by atoms with E-state index in [1.807, 2.05) is 12.1 Å². The van der Waals surface area contributed by atoms with Crippen LogP contribution in [0.3, 0.4) is 0 Å². The van der Waals surface area contributed by atoms with E-state index in [0.717, 1.165) is 25.9 Å². The summed E-state index contributed by atoms with van der Waals surface area (Å²) >= 11 is 0. The highest BCUT2D eigenvalue weighted by atomic mass is 16.2. The van der Waals surface area contributed by atoms with Gasteiger partial charge in [0.2, 0.25) is 0 Å². The first-order valence-electron chi connectivity index (χ1n) is 12.2. The minimum Gasteiger partial charge on any atom is -0.339 e. The van der Waals surface area contributed by atoms with Crippen molar-refractivity contribution in [1.29, 1.82) is 5.26 Å². The molecule has 1 unspecified atom stereocenters. The maximum Gasteiger partial charge on any atom is 0.291 e. The molecule has 1 aromatic heterocycles. The van der Waals surface area contributed by atoms with E-state index in [1.54, 1.807) is 6.20 Å². The molecule has 2 aliphatic rings. The van der Waals surface area contributed by atoms with Gasteiger partial charge >= 0.3 is 0 Å². The molecule has 1 aliphatic heterocycles. The standard InChI is InChI=1S/C27H38N6O/c1-19-17-33(18-20(2)31-19)21(3)23(9-8-22-10-12-27(4,5)13-11-22)7-6-14-29-26(34)25-30-16-24(15-28)32-25/h6-10,14,16,19-21,31H,11-13,17-18H2,1-5H3,(H,29,34)(H,30,32)/b9-8+,14-6+,23-7+/t19-,20+,21?. The van der Waals surface area contributed by atoms with E-state index in [-0.39, 0.29) is 23.5 Å². The van der Waals surface area contributed by atoms with Gasteiger partial charge in [0.05, 0.1) is 0 Å². The molecule has 7 nitrogen and oxygen atoms in total. The molecule has 1 amide bonds. The van der Waals surface area contributed by atoms with Crippen LogP contribution in [0, 0.1) is 16.7 Å². The number of carbonyl (C=O) groups is 1. The molecular formula is C27H38N6O. The topological polar surface area (TPSA) is 96.8 Å². The van der Waals surface area contributed by atoms with Crippen LogP contribution in [-0.4, -0.2) is 52.0 Å². The Balaban J connectivity index is 1.73. The predicted molar refractivity (Wildman–Crippen MR) is 136 cm³/mol. The normalized spacial score (nSPS) is 24.7. The minimum absolute atomic E-state index is 0.120. The number of hydrogen-bond acceptors (Lipinski definition) is 5. The van der Waals surface area contributed by atoms with Gasteiger partial charge in [-0.15, -0.1) is 0 Å². The molecule has 1 aliphatic carbocycles. The van der Waals surface area contributed by atoms with Gasteiger partial charge in [-0.3, -0.25) is 9.69 Å². The number of nitrogens with zero attached hydrogens (tertiary/aromatic N) is 3. The summed E-state index contributed by atoms with van der Waals surface area (Å²) in [5, 5.41) is 15.2. The van der Waals surface area contributed by atoms with Crippen molar-refractivity contribution in [2.24, 2.45) is 5.41 Å². The summed E-state index contributed by atoms with van der Waals surface area (Å²) in [6.45, 7) is 13.3. The van der Waals surface area contributed by atoms with Crippen LogP contribution in [0.1, 0.15) is 70.2 Å². The van der Waals surface area contributed by atoms with Crippen molar-refractivity contribution in [2.45, 2.75) is 72.0 Å². The van der Waals surface area contributed by atoms with Gasteiger partial charge in [-0.25, -0.2) is 4.98 Å². The van der Waals surface area contributed by atoms with Crippen LogP contribution in [0.5, 0.6) is 0 Å². The molecule has 0 radical (unpaired) electrons. The van der Waals surface area contributed by atoms with E-state index < -0.39 is 0 Å². The van der Waals surface area contributed by atoms with Gasteiger partial charge in [-0.05, 0) is 57.1 Å². The Labute approximate surface area is 203 Å². The van der Waals surface area contributed by atoms with Gasteiger partial charge in [0, 0.05) is 43.6 Å². The SMILES string of the molecule is CC(C(/C=C/C1=CCC(C)(C)CC1)=C/C=C/NC(=O)c1nc(C#N)c[nH]1)N1C[C@@H](C)N[C@@H](C)C1. The summed E-state index contributed by atoms with van der Waals surface area (Å²) in [5.74, 6) is -0.259. The van der Waals surface area contributed by atoms with Crippen molar-refractivity contribution in [2.75, 3.05) is 13.1 Å². The lowest BCUT2D eigenvalue weighted by molar-refractivity contribution is 0.0961. The zero-order valence-electron chi connectivity index (χ0n) is 21.1. The highest BCUT2D eigenvalue weighted by Crippen LogP contribution is 2.34. The number of amides is 1. The highest BCUT2D eigenvalue weighted by Gasteiger charge is 2.26. The average molecular weight is 463 g/mol. The van der Waals surface area contributed by atoms with Crippen LogP contribution in [0.4, 0.5) is 0 Å². The molecule has 1 aromatic rings. The number of rotatable bonds is 7. The second-order valence-electron chi connectivity index (χ2n) is 10.3. The zero-order chi connectivity index (χ0) is 24.7. The Morgan fingerprint density at radius 3 is 2.71 bits per heavy atom. The number of allylic oxidation sites excluding steroid dienone is 5. The third kappa shape index (κ3) is 7.28. The highest BCUT2D eigenvalue weighted by molar-refractivity contribution is 5.91. The fraction of sp³-hybridized carbons (Fsp3) is 0.519. The van der Waals surface area contributed by atoms with Crippen LogP contribution in [0.15, 0.2) is 53.9 Å². The molecule has 34 heavy (non-hydrogen) atoms. The number of H-pyrrole nitrogens is 1. The molecule has 0 saturated carbocycles. The Morgan fingerprint density at radius 1 is 1.35 bits per heavy atom.